The Kier molecular flexibility index (Phi) is 1.55. The van der Waals surface area contributed by atoms with Crippen LogP contribution in [-0.4, -0.2) is 12.7 Å². The van der Waals surface area contributed by atoms with E-state index >= 15 is 0 Å². The summed E-state index contributed by atoms with van der Waals surface area (Å²) >= 11 is 0. The third-order valence-electron chi connectivity index (χ3n) is 2.01. The fourth-order valence-electron chi connectivity index (χ4n) is 1.61. The smallest absolute Gasteiger partial charge is 0.0671 e. The molecule has 1 heteroatoms. The highest BCUT2D eigenvalue weighted by molar-refractivity contribution is 4.88. The molecule has 0 N–H and O–H groups in total. The third-order valence-corrected chi connectivity index (χ3v) is 2.01. The Morgan fingerprint density at radius 3 is 2.00 bits per heavy atom. The molecule has 0 aromatic carbocycles. The van der Waals surface area contributed by atoms with E-state index in [1.807, 2.05) is 0 Å². The largest absolute Gasteiger partial charge is 0.377 e. The van der Waals surface area contributed by atoms with E-state index < -0.39 is 0 Å². The number of ether oxygens (including phenoxy) is 1. The van der Waals surface area contributed by atoms with E-state index in [9.17, 15) is 0 Å². The minimum Gasteiger partial charge on any atom is -0.377 e. The van der Waals surface area contributed by atoms with Crippen LogP contribution < -0.4 is 0 Å². The first-order valence-electron chi connectivity index (χ1n) is 3.65. The van der Waals surface area contributed by atoms with Crippen molar-refractivity contribution in [3.8, 4) is 0 Å². The molecule has 1 atom stereocenters. The standard InChI is InChI=1S/C8H16O/c1-6(2)7-8(3,4)5-9-7/h6-7H,5H2,1-4H3/t7-/m1/s1. The van der Waals surface area contributed by atoms with Gasteiger partial charge in [-0.2, -0.15) is 0 Å². The molecule has 0 aliphatic carbocycles. The molecule has 0 radical (unpaired) electrons. The lowest BCUT2D eigenvalue weighted by atomic mass is 9.77. The van der Waals surface area contributed by atoms with Gasteiger partial charge in [0.15, 0.2) is 0 Å². The molecule has 1 saturated heterocycles. The second kappa shape index (κ2) is 1.98. The summed E-state index contributed by atoms with van der Waals surface area (Å²) in [4.78, 5) is 0. The van der Waals surface area contributed by atoms with Crippen molar-refractivity contribution in [1.82, 2.24) is 0 Å². The van der Waals surface area contributed by atoms with Gasteiger partial charge in [-0.05, 0) is 5.92 Å². The lowest BCUT2D eigenvalue weighted by Gasteiger charge is -2.46. The molecule has 0 bridgehead atoms. The molecule has 0 spiro atoms. The van der Waals surface area contributed by atoms with Gasteiger partial charge >= 0.3 is 0 Å². The van der Waals surface area contributed by atoms with E-state index in [2.05, 4.69) is 27.7 Å². The minimum atomic E-state index is 0.439. The molecule has 54 valence electrons. The van der Waals surface area contributed by atoms with Crippen LogP contribution in [0.4, 0.5) is 0 Å². The van der Waals surface area contributed by atoms with Crippen LogP contribution in [0.25, 0.3) is 0 Å². The number of hydrogen-bond acceptors (Lipinski definition) is 1. The van der Waals surface area contributed by atoms with Gasteiger partial charge in [-0.15, -0.1) is 0 Å². The first-order valence-corrected chi connectivity index (χ1v) is 3.65. The molecular weight excluding hydrogens is 112 g/mol. The average Bonchev–Trinajstić information content (AvgIpc) is 1.62. The van der Waals surface area contributed by atoms with Gasteiger partial charge in [-0.1, -0.05) is 27.7 Å². The summed E-state index contributed by atoms with van der Waals surface area (Å²) < 4.78 is 5.41. The van der Waals surface area contributed by atoms with Crippen LogP contribution in [0.1, 0.15) is 27.7 Å². The highest BCUT2D eigenvalue weighted by atomic mass is 16.5. The Balaban J connectivity index is 2.45. The lowest BCUT2D eigenvalue weighted by Crippen LogP contribution is -2.50. The van der Waals surface area contributed by atoms with Crippen LogP contribution in [0.15, 0.2) is 0 Å². The quantitative estimate of drug-likeness (QED) is 0.525. The Morgan fingerprint density at radius 2 is 2.00 bits per heavy atom. The van der Waals surface area contributed by atoms with Gasteiger partial charge in [0.2, 0.25) is 0 Å². The van der Waals surface area contributed by atoms with Crippen molar-refractivity contribution in [3.63, 3.8) is 0 Å². The zero-order valence-electron chi connectivity index (χ0n) is 6.77. The Hall–Kier alpha value is -0.0400. The fraction of sp³-hybridized carbons (Fsp3) is 1.00. The van der Waals surface area contributed by atoms with Crippen molar-refractivity contribution in [2.24, 2.45) is 11.3 Å². The highest BCUT2D eigenvalue weighted by Gasteiger charge is 2.41. The van der Waals surface area contributed by atoms with Crippen LogP contribution in [0.5, 0.6) is 0 Å². The number of rotatable bonds is 1. The predicted molar refractivity (Wildman–Crippen MR) is 38.4 cm³/mol. The van der Waals surface area contributed by atoms with Crippen LogP contribution in [0.2, 0.25) is 0 Å². The van der Waals surface area contributed by atoms with Gasteiger partial charge in [0.05, 0.1) is 12.7 Å². The van der Waals surface area contributed by atoms with Gasteiger partial charge in [0.1, 0.15) is 0 Å². The van der Waals surface area contributed by atoms with Crippen LogP contribution >= 0.6 is 0 Å². The fourth-order valence-corrected chi connectivity index (χ4v) is 1.61. The zero-order valence-corrected chi connectivity index (χ0v) is 6.77. The molecule has 1 heterocycles. The van der Waals surface area contributed by atoms with E-state index in [1.165, 1.54) is 0 Å². The molecule has 1 fully saturated rings. The molecule has 0 aromatic heterocycles. The monoisotopic (exact) mass is 128 g/mol. The minimum absolute atomic E-state index is 0.439. The van der Waals surface area contributed by atoms with Crippen molar-refractivity contribution < 1.29 is 4.74 Å². The van der Waals surface area contributed by atoms with Crippen molar-refractivity contribution in [3.05, 3.63) is 0 Å². The summed E-state index contributed by atoms with van der Waals surface area (Å²) in [6, 6.07) is 0. The Morgan fingerprint density at radius 1 is 1.44 bits per heavy atom. The highest BCUT2D eigenvalue weighted by Crippen LogP contribution is 2.37. The molecule has 1 aliphatic heterocycles. The summed E-state index contributed by atoms with van der Waals surface area (Å²) in [5.74, 6) is 0.675. The molecular formula is C8H16O. The molecule has 1 rings (SSSR count). The van der Waals surface area contributed by atoms with Gasteiger partial charge in [-0.3, -0.25) is 0 Å². The molecule has 0 amide bonds. The van der Waals surface area contributed by atoms with Gasteiger partial charge in [-0.25, -0.2) is 0 Å². The summed E-state index contributed by atoms with van der Waals surface area (Å²) in [5.41, 5.74) is 0.439. The average molecular weight is 128 g/mol. The van der Waals surface area contributed by atoms with E-state index in [0.717, 1.165) is 6.61 Å². The van der Waals surface area contributed by atoms with E-state index in [0.29, 0.717) is 17.4 Å². The van der Waals surface area contributed by atoms with Gasteiger partial charge < -0.3 is 4.74 Å². The van der Waals surface area contributed by atoms with E-state index in [1.54, 1.807) is 0 Å². The summed E-state index contributed by atoms with van der Waals surface area (Å²) in [6.07, 6.45) is 0.498. The van der Waals surface area contributed by atoms with Crippen molar-refractivity contribution in [2.75, 3.05) is 6.61 Å². The van der Waals surface area contributed by atoms with Crippen molar-refractivity contribution in [2.45, 2.75) is 33.8 Å². The summed E-state index contributed by atoms with van der Waals surface area (Å²) in [5, 5.41) is 0. The molecule has 0 unspecified atom stereocenters. The van der Waals surface area contributed by atoms with Crippen LogP contribution in [-0.2, 0) is 4.74 Å². The molecule has 0 aromatic rings. The predicted octanol–water partition coefficient (Wildman–Crippen LogP) is 2.07. The second-order valence-electron chi connectivity index (χ2n) is 3.96. The maximum atomic E-state index is 5.41. The Bertz CT molecular complexity index is 105. The maximum absolute atomic E-state index is 5.41. The third kappa shape index (κ3) is 1.11. The molecule has 1 nitrogen and oxygen atoms in total. The summed E-state index contributed by atoms with van der Waals surface area (Å²) in [7, 11) is 0. The Labute approximate surface area is 57.4 Å². The first kappa shape index (κ1) is 7.07. The van der Waals surface area contributed by atoms with E-state index in [4.69, 9.17) is 4.74 Å². The molecule has 1 aliphatic rings. The molecule has 9 heavy (non-hydrogen) atoms. The van der Waals surface area contributed by atoms with Crippen molar-refractivity contribution in [1.29, 1.82) is 0 Å². The first-order chi connectivity index (χ1) is 4.04. The number of hydrogen-bond donors (Lipinski definition) is 0. The second-order valence-corrected chi connectivity index (χ2v) is 3.96. The van der Waals surface area contributed by atoms with Crippen LogP contribution in [0, 0.1) is 11.3 Å². The van der Waals surface area contributed by atoms with Crippen LogP contribution in [0.3, 0.4) is 0 Å². The van der Waals surface area contributed by atoms with Gasteiger partial charge in [0, 0.05) is 5.41 Å². The SMILES string of the molecule is CC(C)[C@H]1OCC1(C)C. The normalized spacial score (nSPS) is 32.3. The zero-order chi connectivity index (χ0) is 7.07. The summed E-state index contributed by atoms with van der Waals surface area (Å²) in [6.45, 7) is 9.90. The lowest BCUT2D eigenvalue weighted by molar-refractivity contribution is -0.187. The van der Waals surface area contributed by atoms with Gasteiger partial charge in [0.25, 0.3) is 0 Å². The maximum Gasteiger partial charge on any atom is 0.0671 e. The molecule has 0 saturated carbocycles. The van der Waals surface area contributed by atoms with E-state index in [-0.39, 0.29) is 0 Å². The topological polar surface area (TPSA) is 9.23 Å². The van der Waals surface area contributed by atoms with Crippen molar-refractivity contribution >= 4 is 0 Å².